The zero-order chi connectivity index (χ0) is 5.49. The van der Waals surface area contributed by atoms with Crippen LogP contribution in [0, 0.1) is 12.3 Å². The molecule has 1 aliphatic heterocycles. The molecule has 1 saturated heterocycles. The standard InChI is InChI=1S/C6H8O/c1-4-6(3)5(2)7-6/h1,5H,2-3H3/t5-,6+/m0/s1. The van der Waals surface area contributed by atoms with E-state index in [1.165, 1.54) is 0 Å². The number of terminal acetylenes is 1. The van der Waals surface area contributed by atoms with Gasteiger partial charge < -0.3 is 4.74 Å². The third-order valence-corrected chi connectivity index (χ3v) is 1.43. The first-order valence-corrected chi connectivity index (χ1v) is 2.34. The van der Waals surface area contributed by atoms with Crippen LogP contribution in [0.15, 0.2) is 0 Å². The first kappa shape index (κ1) is 4.67. The summed E-state index contributed by atoms with van der Waals surface area (Å²) in [5.41, 5.74) is -0.222. The highest BCUT2D eigenvalue weighted by atomic mass is 16.6. The lowest BCUT2D eigenvalue weighted by molar-refractivity contribution is 0.355. The van der Waals surface area contributed by atoms with Crippen molar-refractivity contribution in [2.24, 2.45) is 0 Å². The SMILES string of the molecule is C#C[C@@]1(C)O[C@H]1C. The molecule has 0 spiro atoms. The lowest BCUT2D eigenvalue weighted by atomic mass is 10.1. The number of hydrogen-bond acceptors (Lipinski definition) is 1. The Balaban J connectivity index is 2.57. The average molecular weight is 96.1 g/mol. The molecule has 1 fully saturated rings. The van der Waals surface area contributed by atoms with Crippen molar-refractivity contribution in [3.63, 3.8) is 0 Å². The molecule has 1 nitrogen and oxygen atoms in total. The van der Waals surface area contributed by atoms with Crippen LogP contribution in [0.2, 0.25) is 0 Å². The second-order valence-electron chi connectivity index (χ2n) is 2.01. The van der Waals surface area contributed by atoms with Crippen molar-refractivity contribution in [2.45, 2.75) is 25.6 Å². The van der Waals surface area contributed by atoms with E-state index in [0.29, 0.717) is 0 Å². The van der Waals surface area contributed by atoms with Crippen molar-refractivity contribution in [2.75, 3.05) is 0 Å². The molecule has 7 heavy (non-hydrogen) atoms. The largest absolute Gasteiger partial charge is 0.353 e. The summed E-state index contributed by atoms with van der Waals surface area (Å²) in [5.74, 6) is 2.54. The molecule has 0 radical (unpaired) electrons. The summed E-state index contributed by atoms with van der Waals surface area (Å²) >= 11 is 0. The molecule has 0 aromatic carbocycles. The second-order valence-corrected chi connectivity index (χ2v) is 2.01. The molecule has 0 aliphatic carbocycles. The van der Waals surface area contributed by atoms with Gasteiger partial charge in [0.1, 0.15) is 0 Å². The van der Waals surface area contributed by atoms with Gasteiger partial charge in [-0.15, -0.1) is 6.42 Å². The normalized spacial score (nSPS) is 47.9. The van der Waals surface area contributed by atoms with Crippen LogP contribution in [-0.4, -0.2) is 11.7 Å². The van der Waals surface area contributed by atoms with Gasteiger partial charge in [0.15, 0.2) is 5.60 Å². The summed E-state index contributed by atoms with van der Waals surface area (Å²) in [6, 6.07) is 0. The number of hydrogen-bond donors (Lipinski definition) is 0. The van der Waals surface area contributed by atoms with Crippen LogP contribution in [0.3, 0.4) is 0 Å². The molecule has 1 rings (SSSR count). The van der Waals surface area contributed by atoms with Crippen molar-refractivity contribution < 1.29 is 4.74 Å². The Bertz CT molecular complexity index is 123. The Morgan fingerprint density at radius 3 is 2.29 bits per heavy atom. The molecule has 0 N–H and O–H groups in total. The van der Waals surface area contributed by atoms with Crippen LogP contribution >= 0.6 is 0 Å². The molecule has 1 heteroatoms. The summed E-state index contributed by atoms with van der Waals surface area (Å²) in [7, 11) is 0. The smallest absolute Gasteiger partial charge is 0.151 e. The van der Waals surface area contributed by atoms with Gasteiger partial charge in [0.05, 0.1) is 6.10 Å². The van der Waals surface area contributed by atoms with E-state index in [0.717, 1.165) is 0 Å². The van der Waals surface area contributed by atoms with Gasteiger partial charge in [-0.25, -0.2) is 0 Å². The predicted octanol–water partition coefficient (Wildman–Crippen LogP) is 0.797. The molecular formula is C6H8O. The Kier molecular flexibility index (Phi) is 0.680. The lowest BCUT2D eigenvalue weighted by Crippen LogP contribution is -2.01. The summed E-state index contributed by atoms with van der Waals surface area (Å²) in [6.07, 6.45) is 5.36. The Morgan fingerprint density at radius 2 is 2.29 bits per heavy atom. The Morgan fingerprint density at radius 1 is 1.86 bits per heavy atom. The molecule has 1 heterocycles. The van der Waals surface area contributed by atoms with Gasteiger partial charge in [-0.3, -0.25) is 0 Å². The van der Waals surface area contributed by atoms with Gasteiger partial charge in [0.2, 0.25) is 0 Å². The fraction of sp³-hybridized carbons (Fsp3) is 0.667. The van der Waals surface area contributed by atoms with E-state index in [4.69, 9.17) is 11.2 Å². The zero-order valence-corrected chi connectivity index (χ0v) is 4.56. The second kappa shape index (κ2) is 1.02. The highest BCUT2D eigenvalue weighted by Crippen LogP contribution is 2.33. The average Bonchev–Trinajstić information content (AvgIpc) is 2.18. The van der Waals surface area contributed by atoms with E-state index in [1.807, 2.05) is 13.8 Å². The van der Waals surface area contributed by atoms with Crippen LogP contribution in [0.4, 0.5) is 0 Å². The molecule has 0 aromatic rings. The number of ether oxygens (including phenoxy) is 1. The molecule has 0 aromatic heterocycles. The van der Waals surface area contributed by atoms with Crippen LogP contribution < -0.4 is 0 Å². The first-order valence-electron chi connectivity index (χ1n) is 2.34. The van der Waals surface area contributed by atoms with E-state index in [-0.39, 0.29) is 11.7 Å². The van der Waals surface area contributed by atoms with E-state index in [2.05, 4.69) is 5.92 Å². The van der Waals surface area contributed by atoms with Crippen LogP contribution in [0.25, 0.3) is 0 Å². The topological polar surface area (TPSA) is 12.5 Å². The molecule has 0 amide bonds. The molecular weight excluding hydrogens is 88.1 g/mol. The monoisotopic (exact) mass is 96.1 g/mol. The predicted molar refractivity (Wildman–Crippen MR) is 27.8 cm³/mol. The summed E-state index contributed by atoms with van der Waals surface area (Å²) < 4.78 is 5.02. The third kappa shape index (κ3) is 0.515. The van der Waals surface area contributed by atoms with E-state index in [9.17, 15) is 0 Å². The summed E-state index contributed by atoms with van der Waals surface area (Å²) in [5, 5.41) is 0. The molecule has 0 bridgehead atoms. The minimum absolute atomic E-state index is 0.222. The van der Waals surface area contributed by atoms with Crippen molar-refractivity contribution in [1.29, 1.82) is 0 Å². The number of rotatable bonds is 0. The van der Waals surface area contributed by atoms with Crippen LogP contribution in [-0.2, 0) is 4.74 Å². The van der Waals surface area contributed by atoms with E-state index >= 15 is 0 Å². The van der Waals surface area contributed by atoms with Crippen molar-refractivity contribution in [3.05, 3.63) is 0 Å². The Labute approximate surface area is 43.7 Å². The van der Waals surface area contributed by atoms with Gasteiger partial charge in [-0.1, -0.05) is 5.92 Å². The van der Waals surface area contributed by atoms with Gasteiger partial charge >= 0.3 is 0 Å². The van der Waals surface area contributed by atoms with Crippen molar-refractivity contribution in [1.82, 2.24) is 0 Å². The summed E-state index contributed by atoms with van der Waals surface area (Å²) in [4.78, 5) is 0. The molecule has 0 unspecified atom stereocenters. The Hall–Kier alpha value is -0.480. The van der Waals surface area contributed by atoms with Gasteiger partial charge in [-0.05, 0) is 13.8 Å². The minimum Gasteiger partial charge on any atom is -0.353 e. The maximum Gasteiger partial charge on any atom is 0.151 e. The van der Waals surface area contributed by atoms with Gasteiger partial charge in [0.25, 0.3) is 0 Å². The molecule has 38 valence electrons. The quantitative estimate of drug-likeness (QED) is 0.321. The van der Waals surface area contributed by atoms with Gasteiger partial charge in [-0.2, -0.15) is 0 Å². The van der Waals surface area contributed by atoms with Crippen molar-refractivity contribution in [3.8, 4) is 12.3 Å². The third-order valence-electron chi connectivity index (χ3n) is 1.43. The molecule has 1 aliphatic rings. The highest BCUT2D eigenvalue weighted by Gasteiger charge is 2.47. The highest BCUT2D eigenvalue weighted by molar-refractivity contribution is 5.18. The first-order chi connectivity index (χ1) is 3.19. The fourth-order valence-corrected chi connectivity index (χ4v) is 0.485. The maximum atomic E-state index is 5.08. The van der Waals surface area contributed by atoms with Crippen LogP contribution in [0.5, 0.6) is 0 Å². The minimum atomic E-state index is -0.222. The summed E-state index contributed by atoms with van der Waals surface area (Å²) in [6.45, 7) is 3.89. The fourth-order valence-electron chi connectivity index (χ4n) is 0.485. The number of epoxide rings is 1. The zero-order valence-electron chi connectivity index (χ0n) is 4.56. The maximum absolute atomic E-state index is 5.08. The lowest BCUT2D eigenvalue weighted by Gasteiger charge is -1.85. The molecule has 2 atom stereocenters. The van der Waals surface area contributed by atoms with Gasteiger partial charge in [0, 0.05) is 0 Å². The van der Waals surface area contributed by atoms with E-state index in [1.54, 1.807) is 0 Å². The van der Waals surface area contributed by atoms with E-state index < -0.39 is 0 Å². The molecule has 0 saturated carbocycles. The van der Waals surface area contributed by atoms with Crippen LogP contribution in [0.1, 0.15) is 13.8 Å². The van der Waals surface area contributed by atoms with Crippen molar-refractivity contribution >= 4 is 0 Å².